The zero-order valence-electron chi connectivity index (χ0n) is 19.9. The van der Waals surface area contributed by atoms with Crippen LogP contribution in [0.4, 0.5) is 21.5 Å². The number of nitrogens with one attached hydrogen (secondary N) is 2. The van der Waals surface area contributed by atoms with E-state index in [2.05, 4.69) is 32.0 Å². The van der Waals surface area contributed by atoms with E-state index in [1.807, 2.05) is 41.2 Å². The number of hydrogen-bond acceptors (Lipinski definition) is 6. The van der Waals surface area contributed by atoms with Crippen LogP contribution in [0.2, 0.25) is 10.0 Å². The Bertz CT molecular complexity index is 1690. The predicted octanol–water partition coefficient (Wildman–Crippen LogP) is 7.42. The van der Waals surface area contributed by atoms with E-state index in [9.17, 15) is 9.65 Å². The standard InChI is InChI=1S/C28H20Cl2FN7/c29-18-10-21-26(34-19-6-9-23(31)22(30)12-19)17(13-32)14-33-28(21)24(11-18)35-27(16-4-2-1-3-5-16)25-15-38(37-36-25)20-7-8-20/h1-6,9-12,14-15,20,27,35H,7-8H2,(H,33,34)/t27-/m0/s1. The van der Waals surface area contributed by atoms with Gasteiger partial charge >= 0.3 is 0 Å². The lowest BCUT2D eigenvalue weighted by Gasteiger charge is -2.21. The van der Waals surface area contributed by atoms with Crippen LogP contribution in [0.15, 0.2) is 73.1 Å². The van der Waals surface area contributed by atoms with Crippen molar-refractivity contribution >= 4 is 51.2 Å². The fraction of sp³-hybridized carbons (Fsp3) is 0.143. The summed E-state index contributed by atoms with van der Waals surface area (Å²) in [6, 6.07) is 20.0. The normalized spacial score (nSPS) is 13.7. The third kappa shape index (κ3) is 4.74. The first-order valence-corrected chi connectivity index (χ1v) is 12.7. The lowest BCUT2D eigenvalue weighted by atomic mass is 10.0. The highest BCUT2D eigenvalue weighted by atomic mass is 35.5. The van der Waals surface area contributed by atoms with Gasteiger partial charge in [0.15, 0.2) is 0 Å². The minimum Gasteiger partial charge on any atom is -0.371 e. The summed E-state index contributed by atoms with van der Waals surface area (Å²) in [5, 5.41) is 26.4. The van der Waals surface area contributed by atoms with Crippen molar-refractivity contribution < 1.29 is 4.39 Å². The summed E-state index contributed by atoms with van der Waals surface area (Å²) < 4.78 is 15.6. The molecule has 1 aliphatic rings. The van der Waals surface area contributed by atoms with E-state index in [-0.39, 0.29) is 11.1 Å². The zero-order chi connectivity index (χ0) is 26.2. The lowest BCUT2D eigenvalue weighted by molar-refractivity contribution is 0.610. The number of aromatic nitrogens is 4. The fourth-order valence-corrected chi connectivity index (χ4v) is 4.78. The smallest absolute Gasteiger partial charge is 0.141 e. The number of hydrogen-bond donors (Lipinski definition) is 2. The third-order valence-corrected chi connectivity index (χ3v) is 6.93. The highest BCUT2D eigenvalue weighted by molar-refractivity contribution is 6.32. The van der Waals surface area contributed by atoms with Crippen LogP contribution in [0.5, 0.6) is 0 Å². The second-order valence-corrected chi connectivity index (χ2v) is 9.95. The van der Waals surface area contributed by atoms with Crippen LogP contribution in [0, 0.1) is 17.1 Å². The molecule has 6 rings (SSSR count). The summed E-state index contributed by atoms with van der Waals surface area (Å²) in [6.07, 6.45) is 5.67. The van der Waals surface area contributed by atoms with Crippen LogP contribution in [0.25, 0.3) is 10.9 Å². The fourth-order valence-electron chi connectivity index (χ4n) is 4.38. The van der Waals surface area contributed by atoms with Gasteiger partial charge in [-0.3, -0.25) is 4.98 Å². The lowest BCUT2D eigenvalue weighted by Crippen LogP contribution is -2.13. The van der Waals surface area contributed by atoms with Crippen molar-refractivity contribution in [2.24, 2.45) is 0 Å². The van der Waals surface area contributed by atoms with Gasteiger partial charge in [0, 0.05) is 22.3 Å². The van der Waals surface area contributed by atoms with Gasteiger partial charge in [-0.05, 0) is 48.7 Å². The van der Waals surface area contributed by atoms with Crippen LogP contribution in [0.1, 0.15) is 41.7 Å². The Hall–Kier alpha value is -4.19. The number of halogens is 3. The Labute approximate surface area is 227 Å². The molecule has 5 aromatic rings. The van der Waals surface area contributed by atoms with Crippen LogP contribution >= 0.6 is 23.2 Å². The monoisotopic (exact) mass is 543 g/mol. The minimum atomic E-state index is -0.530. The first kappa shape index (κ1) is 24.2. The maximum atomic E-state index is 13.7. The maximum Gasteiger partial charge on any atom is 0.141 e. The molecule has 0 amide bonds. The molecule has 2 N–H and O–H groups in total. The first-order valence-electron chi connectivity index (χ1n) is 12.0. The van der Waals surface area contributed by atoms with Crippen LogP contribution in [0.3, 0.4) is 0 Å². The van der Waals surface area contributed by atoms with Gasteiger partial charge in [-0.2, -0.15) is 5.26 Å². The average Bonchev–Trinajstić information content (AvgIpc) is 3.66. The van der Waals surface area contributed by atoms with E-state index in [4.69, 9.17) is 23.2 Å². The largest absolute Gasteiger partial charge is 0.371 e. The maximum absolute atomic E-state index is 13.7. The van der Waals surface area contributed by atoms with Crippen molar-refractivity contribution in [2.45, 2.75) is 24.9 Å². The number of anilines is 3. The molecule has 2 heterocycles. The Kier molecular flexibility index (Phi) is 6.32. The van der Waals surface area contributed by atoms with Gasteiger partial charge in [0.2, 0.25) is 0 Å². The van der Waals surface area contributed by atoms with Crippen molar-refractivity contribution in [1.82, 2.24) is 20.0 Å². The second-order valence-electron chi connectivity index (χ2n) is 9.10. The van der Waals surface area contributed by atoms with E-state index >= 15 is 0 Å². The van der Waals surface area contributed by atoms with Gasteiger partial charge in [-0.1, -0.05) is 58.7 Å². The molecule has 0 unspecified atom stereocenters. The minimum absolute atomic E-state index is 0.0304. The molecule has 2 aromatic heterocycles. The Balaban J connectivity index is 1.45. The highest BCUT2D eigenvalue weighted by Gasteiger charge is 2.27. The van der Waals surface area contributed by atoms with Gasteiger partial charge in [0.05, 0.1) is 45.8 Å². The van der Waals surface area contributed by atoms with Gasteiger partial charge in [0.1, 0.15) is 17.6 Å². The van der Waals surface area contributed by atoms with Gasteiger partial charge < -0.3 is 10.6 Å². The third-order valence-electron chi connectivity index (χ3n) is 6.42. The molecule has 0 spiro atoms. The molecule has 10 heteroatoms. The SMILES string of the molecule is N#Cc1cnc2c(N[C@@H](c3ccccc3)c3cn(C4CC4)nn3)cc(Cl)cc2c1Nc1ccc(F)c(Cl)c1. The van der Waals surface area contributed by atoms with Crippen molar-refractivity contribution in [3.8, 4) is 6.07 Å². The Morgan fingerprint density at radius 3 is 2.63 bits per heavy atom. The van der Waals surface area contributed by atoms with Gasteiger partial charge in [0.25, 0.3) is 0 Å². The van der Waals surface area contributed by atoms with Crippen molar-refractivity contribution in [3.05, 3.63) is 106 Å². The van der Waals surface area contributed by atoms with Crippen molar-refractivity contribution in [1.29, 1.82) is 5.26 Å². The average molecular weight is 544 g/mol. The van der Waals surface area contributed by atoms with Gasteiger partial charge in [-0.25, -0.2) is 9.07 Å². The zero-order valence-corrected chi connectivity index (χ0v) is 21.4. The summed E-state index contributed by atoms with van der Waals surface area (Å²) in [5.41, 5.74) is 4.33. The Morgan fingerprint density at radius 1 is 1.08 bits per heavy atom. The number of benzene rings is 3. The summed E-state index contributed by atoms with van der Waals surface area (Å²) >= 11 is 12.6. The summed E-state index contributed by atoms with van der Waals surface area (Å²) in [7, 11) is 0. The molecular formula is C28H20Cl2FN7. The molecule has 1 aliphatic carbocycles. The summed E-state index contributed by atoms with van der Waals surface area (Å²) in [4.78, 5) is 4.60. The molecule has 7 nitrogen and oxygen atoms in total. The van der Waals surface area contributed by atoms with Crippen LogP contribution < -0.4 is 10.6 Å². The number of rotatable bonds is 7. The summed E-state index contributed by atoms with van der Waals surface area (Å²) in [5.74, 6) is -0.530. The van der Waals surface area contributed by atoms with Crippen molar-refractivity contribution in [3.63, 3.8) is 0 Å². The number of fused-ring (bicyclic) bond motifs is 1. The van der Waals surface area contributed by atoms with E-state index in [1.54, 1.807) is 18.2 Å². The molecule has 188 valence electrons. The second kappa shape index (κ2) is 9.93. The van der Waals surface area contributed by atoms with Crippen LogP contribution in [-0.2, 0) is 0 Å². The van der Waals surface area contributed by atoms with Gasteiger partial charge in [-0.15, -0.1) is 5.10 Å². The molecule has 0 bridgehead atoms. The molecule has 38 heavy (non-hydrogen) atoms. The molecule has 3 aromatic carbocycles. The molecule has 1 fully saturated rings. The molecule has 1 saturated carbocycles. The Morgan fingerprint density at radius 2 is 1.89 bits per heavy atom. The van der Waals surface area contributed by atoms with Crippen LogP contribution in [-0.4, -0.2) is 20.0 Å². The molecule has 0 radical (unpaired) electrons. The first-order chi connectivity index (χ1) is 18.5. The number of nitrogens with zero attached hydrogens (tertiary/aromatic N) is 5. The predicted molar refractivity (Wildman–Crippen MR) is 146 cm³/mol. The molecular weight excluding hydrogens is 524 g/mol. The molecule has 1 atom stereocenters. The molecule has 0 saturated heterocycles. The topological polar surface area (TPSA) is 91.5 Å². The van der Waals surface area contributed by atoms with E-state index in [0.29, 0.717) is 44.6 Å². The number of nitriles is 1. The molecule has 0 aliphatic heterocycles. The van der Waals surface area contributed by atoms with E-state index in [0.717, 1.165) is 24.1 Å². The number of pyridine rings is 1. The van der Waals surface area contributed by atoms with Crippen molar-refractivity contribution in [2.75, 3.05) is 10.6 Å². The van der Waals surface area contributed by atoms with E-state index < -0.39 is 5.82 Å². The summed E-state index contributed by atoms with van der Waals surface area (Å²) in [6.45, 7) is 0. The highest BCUT2D eigenvalue weighted by Crippen LogP contribution is 2.38. The van der Waals surface area contributed by atoms with E-state index in [1.165, 1.54) is 18.3 Å². The quantitative estimate of drug-likeness (QED) is 0.222.